The molecule has 1 aliphatic rings. The van der Waals surface area contributed by atoms with Gasteiger partial charge in [-0.05, 0) is 37.1 Å². The van der Waals surface area contributed by atoms with Crippen LogP contribution in [0.25, 0.3) is 0 Å². The zero-order chi connectivity index (χ0) is 17.5. The molecule has 3 rings (SSSR count). The molecule has 1 aromatic carbocycles. The van der Waals surface area contributed by atoms with Crippen LogP contribution in [0.5, 0.6) is 0 Å². The molecule has 2 heterocycles. The van der Waals surface area contributed by atoms with Crippen LogP contribution in [0.1, 0.15) is 35.7 Å². The smallest absolute Gasteiger partial charge is 0.223 e. The molecule has 2 N–H and O–H groups in total. The number of aliphatic imine (C=N–C) groups is 1. The fourth-order valence-electron chi connectivity index (χ4n) is 2.94. The molecule has 0 aliphatic carbocycles. The van der Waals surface area contributed by atoms with Crippen molar-refractivity contribution in [3.05, 3.63) is 47.1 Å². The van der Waals surface area contributed by atoms with E-state index in [0.717, 1.165) is 13.1 Å². The molecule has 134 valence electrons. The number of rotatable bonds is 6. The van der Waals surface area contributed by atoms with Crippen molar-refractivity contribution in [1.82, 2.24) is 25.7 Å². The summed E-state index contributed by atoms with van der Waals surface area (Å²) in [6, 6.07) is 8.78. The predicted molar refractivity (Wildman–Crippen MR) is 97.0 cm³/mol. The molecule has 0 spiro atoms. The molecule has 0 saturated carbocycles. The van der Waals surface area contributed by atoms with Crippen molar-refractivity contribution in [2.75, 3.05) is 20.1 Å². The van der Waals surface area contributed by atoms with E-state index < -0.39 is 0 Å². The van der Waals surface area contributed by atoms with Crippen molar-refractivity contribution in [2.45, 2.75) is 39.4 Å². The standard InChI is InChI=1S/C18H26N6O/c1-14-22-17(23-25-14)12-21-18(19-2)20-11-15-5-7-16(8-6-15)13-24-9-3-4-10-24/h5-8H,3-4,9-13H2,1-2H3,(H2,19,20,21). The van der Waals surface area contributed by atoms with Crippen LogP contribution >= 0.6 is 0 Å². The molecule has 0 radical (unpaired) electrons. The van der Waals surface area contributed by atoms with Gasteiger partial charge < -0.3 is 15.2 Å². The van der Waals surface area contributed by atoms with E-state index >= 15 is 0 Å². The van der Waals surface area contributed by atoms with Crippen molar-refractivity contribution in [2.24, 2.45) is 4.99 Å². The minimum Gasteiger partial charge on any atom is -0.352 e. The monoisotopic (exact) mass is 342 g/mol. The molecular formula is C18H26N6O. The van der Waals surface area contributed by atoms with Gasteiger partial charge in [-0.2, -0.15) is 4.98 Å². The van der Waals surface area contributed by atoms with E-state index in [2.05, 4.69) is 54.9 Å². The number of hydrogen-bond acceptors (Lipinski definition) is 5. The molecule has 25 heavy (non-hydrogen) atoms. The zero-order valence-corrected chi connectivity index (χ0v) is 15.0. The summed E-state index contributed by atoms with van der Waals surface area (Å²) in [5.41, 5.74) is 2.60. The van der Waals surface area contributed by atoms with E-state index in [0.29, 0.717) is 24.2 Å². The lowest BCUT2D eigenvalue weighted by molar-refractivity contribution is 0.331. The number of nitrogens with one attached hydrogen (secondary N) is 2. The molecule has 7 nitrogen and oxygen atoms in total. The number of likely N-dealkylation sites (tertiary alicyclic amines) is 1. The second kappa shape index (κ2) is 8.62. The third-order valence-electron chi connectivity index (χ3n) is 4.29. The first-order valence-corrected chi connectivity index (χ1v) is 8.77. The Balaban J connectivity index is 1.44. The van der Waals surface area contributed by atoms with Gasteiger partial charge in [0.15, 0.2) is 11.8 Å². The Hall–Kier alpha value is -2.41. The van der Waals surface area contributed by atoms with E-state index in [1.165, 1.54) is 37.1 Å². The fraction of sp³-hybridized carbons (Fsp3) is 0.500. The van der Waals surface area contributed by atoms with Crippen molar-refractivity contribution in [3.63, 3.8) is 0 Å². The molecular weight excluding hydrogens is 316 g/mol. The molecule has 2 aromatic rings. The van der Waals surface area contributed by atoms with Gasteiger partial charge in [0.05, 0.1) is 6.54 Å². The first-order chi connectivity index (χ1) is 12.2. The van der Waals surface area contributed by atoms with E-state index in [1.807, 2.05) is 0 Å². The molecule has 7 heteroatoms. The molecule has 0 atom stereocenters. The van der Waals surface area contributed by atoms with Crippen LogP contribution in [0.3, 0.4) is 0 Å². The van der Waals surface area contributed by atoms with Gasteiger partial charge in [-0.25, -0.2) is 0 Å². The molecule has 0 unspecified atom stereocenters. The van der Waals surface area contributed by atoms with Gasteiger partial charge in [-0.15, -0.1) is 0 Å². The molecule has 1 saturated heterocycles. The summed E-state index contributed by atoms with van der Waals surface area (Å²) in [6.07, 6.45) is 2.66. The summed E-state index contributed by atoms with van der Waals surface area (Å²) in [7, 11) is 1.75. The zero-order valence-electron chi connectivity index (χ0n) is 15.0. The normalized spacial score (nSPS) is 15.5. The quantitative estimate of drug-likeness (QED) is 0.616. The summed E-state index contributed by atoms with van der Waals surface area (Å²) < 4.78 is 4.95. The Morgan fingerprint density at radius 1 is 1.12 bits per heavy atom. The third kappa shape index (κ3) is 5.29. The van der Waals surface area contributed by atoms with Crippen LogP contribution in [-0.2, 0) is 19.6 Å². The number of hydrogen-bond donors (Lipinski definition) is 2. The van der Waals surface area contributed by atoms with E-state index in [1.54, 1.807) is 14.0 Å². The summed E-state index contributed by atoms with van der Waals surface area (Å²) in [6.45, 7) is 6.48. The van der Waals surface area contributed by atoms with Crippen LogP contribution < -0.4 is 10.6 Å². The summed E-state index contributed by atoms with van der Waals surface area (Å²) in [5.74, 6) is 1.89. The number of aromatic nitrogens is 2. The summed E-state index contributed by atoms with van der Waals surface area (Å²) >= 11 is 0. The molecule has 0 amide bonds. The summed E-state index contributed by atoms with van der Waals surface area (Å²) in [4.78, 5) is 10.9. The highest BCUT2D eigenvalue weighted by molar-refractivity contribution is 5.79. The first kappa shape index (κ1) is 17.4. The molecule has 1 aliphatic heterocycles. The van der Waals surface area contributed by atoms with Gasteiger partial charge in [-0.1, -0.05) is 29.4 Å². The third-order valence-corrected chi connectivity index (χ3v) is 4.29. The maximum absolute atomic E-state index is 4.95. The Morgan fingerprint density at radius 2 is 1.80 bits per heavy atom. The van der Waals surface area contributed by atoms with Crippen LogP contribution in [0.2, 0.25) is 0 Å². The highest BCUT2D eigenvalue weighted by atomic mass is 16.5. The Morgan fingerprint density at radius 3 is 2.44 bits per heavy atom. The average molecular weight is 342 g/mol. The van der Waals surface area contributed by atoms with Crippen LogP contribution in [0, 0.1) is 6.92 Å². The van der Waals surface area contributed by atoms with Gasteiger partial charge in [0, 0.05) is 27.1 Å². The highest BCUT2D eigenvalue weighted by Gasteiger charge is 2.11. The van der Waals surface area contributed by atoms with Gasteiger partial charge in [0.1, 0.15) is 0 Å². The fourth-order valence-corrected chi connectivity index (χ4v) is 2.94. The second-order valence-electron chi connectivity index (χ2n) is 6.31. The van der Waals surface area contributed by atoms with Gasteiger partial charge in [0.2, 0.25) is 5.89 Å². The van der Waals surface area contributed by atoms with E-state index in [4.69, 9.17) is 4.52 Å². The van der Waals surface area contributed by atoms with Crippen molar-refractivity contribution >= 4 is 5.96 Å². The minimum absolute atomic E-state index is 0.478. The SMILES string of the molecule is CN=C(NCc1ccc(CN2CCCC2)cc1)NCc1noc(C)n1. The summed E-state index contributed by atoms with van der Waals surface area (Å²) in [5, 5.41) is 10.3. The maximum atomic E-state index is 4.95. The maximum Gasteiger partial charge on any atom is 0.223 e. The van der Waals surface area contributed by atoms with E-state index in [-0.39, 0.29) is 0 Å². The van der Waals surface area contributed by atoms with Crippen LogP contribution in [0.15, 0.2) is 33.8 Å². The minimum atomic E-state index is 0.478. The largest absolute Gasteiger partial charge is 0.352 e. The lowest BCUT2D eigenvalue weighted by Crippen LogP contribution is -2.36. The number of guanidine groups is 1. The van der Waals surface area contributed by atoms with Gasteiger partial charge >= 0.3 is 0 Å². The Bertz CT molecular complexity index is 688. The van der Waals surface area contributed by atoms with Crippen molar-refractivity contribution < 1.29 is 4.52 Å². The Labute approximate surface area is 148 Å². The van der Waals surface area contributed by atoms with Crippen LogP contribution in [-0.4, -0.2) is 41.1 Å². The predicted octanol–water partition coefficient (Wildman–Crippen LogP) is 1.84. The molecule has 0 bridgehead atoms. The highest BCUT2D eigenvalue weighted by Crippen LogP contribution is 2.13. The molecule has 1 aromatic heterocycles. The lowest BCUT2D eigenvalue weighted by atomic mass is 10.1. The van der Waals surface area contributed by atoms with Crippen molar-refractivity contribution in [3.8, 4) is 0 Å². The molecule has 1 fully saturated rings. The first-order valence-electron chi connectivity index (χ1n) is 8.77. The second-order valence-corrected chi connectivity index (χ2v) is 6.31. The lowest BCUT2D eigenvalue weighted by Gasteiger charge is -2.15. The van der Waals surface area contributed by atoms with E-state index in [9.17, 15) is 0 Å². The average Bonchev–Trinajstić information content (AvgIpc) is 3.28. The topological polar surface area (TPSA) is 78.6 Å². The van der Waals surface area contributed by atoms with Crippen molar-refractivity contribution in [1.29, 1.82) is 0 Å². The Kier molecular flexibility index (Phi) is 6.00. The number of nitrogens with zero attached hydrogens (tertiary/aromatic N) is 4. The van der Waals surface area contributed by atoms with Gasteiger partial charge in [-0.3, -0.25) is 9.89 Å². The van der Waals surface area contributed by atoms with Gasteiger partial charge in [0.25, 0.3) is 0 Å². The van der Waals surface area contributed by atoms with Crippen LogP contribution in [0.4, 0.5) is 0 Å². The number of aryl methyl sites for hydroxylation is 1. The number of benzene rings is 1.